The van der Waals surface area contributed by atoms with Crippen molar-refractivity contribution in [2.45, 2.75) is 0 Å². The second-order valence-corrected chi connectivity index (χ2v) is 10.1. The first-order valence-electron chi connectivity index (χ1n) is 13.6. The van der Waals surface area contributed by atoms with Crippen molar-refractivity contribution in [3.63, 3.8) is 0 Å². The highest BCUT2D eigenvalue weighted by Gasteiger charge is 2.18. The van der Waals surface area contributed by atoms with Crippen molar-refractivity contribution in [1.29, 1.82) is 0 Å². The summed E-state index contributed by atoms with van der Waals surface area (Å²) in [6, 6.07) is 53.6. The number of hydrogen-bond acceptors (Lipinski definition) is 1. The van der Waals surface area contributed by atoms with Gasteiger partial charge in [-0.1, -0.05) is 121 Å². The van der Waals surface area contributed by atoms with Crippen LogP contribution in [0.15, 0.2) is 152 Å². The van der Waals surface area contributed by atoms with E-state index in [0.29, 0.717) is 0 Å². The van der Waals surface area contributed by atoms with E-state index >= 15 is 0 Å². The smallest absolute Gasteiger partial charge is 0.0934 e. The minimum atomic E-state index is 0.954. The van der Waals surface area contributed by atoms with Crippen molar-refractivity contribution < 1.29 is 0 Å². The van der Waals surface area contributed by atoms with Crippen LogP contribution in [0.1, 0.15) is 0 Å². The predicted molar refractivity (Wildman–Crippen MR) is 166 cm³/mol. The van der Waals surface area contributed by atoms with Crippen LogP contribution in [0.3, 0.4) is 0 Å². The van der Waals surface area contributed by atoms with E-state index in [9.17, 15) is 0 Å². The molecule has 2 aromatic heterocycles. The summed E-state index contributed by atoms with van der Waals surface area (Å²) in [5.74, 6) is 0. The first-order valence-corrected chi connectivity index (χ1v) is 13.6. The molecule has 6 aromatic carbocycles. The predicted octanol–water partition coefficient (Wildman–Crippen LogP) is 9.46. The van der Waals surface area contributed by atoms with Crippen molar-refractivity contribution in [2.24, 2.45) is 0 Å². The first-order chi connectivity index (χ1) is 19.9. The first kappa shape index (κ1) is 22.6. The van der Waals surface area contributed by atoms with E-state index in [-0.39, 0.29) is 0 Å². The Bertz CT molecular complexity index is 2100. The maximum absolute atomic E-state index is 5.18. The van der Waals surface area contributed by atoms with Crippen LogP contribution in [0, 0.1) is 0 Å². The third kappa shape index (κ3) is 3.49. The lowest BCUT2D eigenvalue weighted by atomic mass is 10.1. The summed E-state index contributed by atoms with van der Waals surface area (Å²) in [4.78, 5) is 0. The van der Waals surface area contributed by atoms with Gasteiger partial charge in [0.2, 0.25) is 0 Å². The molecule has 8 rings (SSSR count). The van der Waals surface area contributed by atoms with E-state index in [1.807, 2.05) is 6.07 Å². The minimum absolute atomic E-state index is 0.954. The zero-order valence-electron chi connectivity index (χ0n) is 21.8. The van der Waals surface area contributed by atoms with E-state index in [4.69, 9.17) is 5.10 Å². The highest BCUT2D eigenvalue weighted by atomic mass is 15.3. The number of benzene rings is 6. The highest BCUT2D eigenvalue weighted by molar-refractivity contribution is 6.11. The average Bonchev–Trinajstić information content (AvgIpc) is 3.62. The van der Waals surface area contributed by atoms with Gasteiger partial charge in [-0.15, -0.1) is 0 Å². The summed E-state index contributed by atoms with van der Waals surface area (Å²) in [7, 11) is 0. The SMILES string of the molecule is c1ccc(-c2cc(-c3ccccc3)n(-c3ccc(-n4c5ccccc5c5ccccc54)c4ccccc34)n2)cc1. The Morgan fingerprint density at radius 3 is 1.50 bits per heavy atom. The van der Waals surface area contributed by atoms with Gasteiger partial charge in [-0.25, -0.2) is 4.68 Å². The van der Waals surface area contributed by atoms with Gasteiger partial charge in [-0.2, -0.15) is 5.10 Å². The molecule has 0 fully saturated rings. The van der Waals surface area contributed by atoms with E-state index in [0.717, 1.165) is 39.3 Å². The molecule has 188 valence electrons. The zero-order valence-corrected chi connectivity index (χ0v) is 21.8. The van der Waals surface area contributed by atoms with Crippen molar-refractivity contribution in [2.75, 3.05) is 0 Å². The molecule has 0 atom stereocenters. The fourth-order valence-electron chi connectivity index (χ4n) is 5.96. The Morgan fingerprint density at radius 1 is 0.400 bits per heavy atom. The van der Waals surface area contributed by atoms with Gasteiger partial charge in [-0.3, -0.25) is 0 Å². The Labute approximate surface area is 232 Å². The molecule has 0 aliphatic heterocycles. The molecule has 0 amide bonds. The van der Waals surface area contributed by atoms with Gasteiger partial charge in [-0.05, 0) is 30.3 Å². The molecule has 0 N–H and O–H groups in total. The molecule has 0 bridgehead atoms. The van der Waals surface area contributed by atoms with Gasteiger partial charge in [0.15, 0.2) is 0 Å². The standard InChI is InChI=1S/C37H25N3/c1-3-13-26(14-4-1)32-25-37(27-15-5-2-6-16-27)40(38-32)36-24-23-35(30-17-7-8-20-31(30)36)39-33-21-11-9-18-28(33)29-19-10-12-22-34(29)39/h1-25H. The topological polar surface area (TPSA) is 22.8 Å². The van der Waals surface area contributed by atoms with Crippen molar-refractivity contribution in [3.8, 4) is 33.9 Å². The van der Waals surface area contributed by atoms with Crippen molar-refractivity contribution >= 4 is 32.6 Å². The second-order valence-electron chi connectivity index (χ2n) is 10.1. The molecule has 0 unspecified atom stereocenters. The van der Waals surface area contributed by atoms with E-state index < -0.39 is 0 Å². The number of aromatic nitrogens is 3. The fourth-order valence-corrected chi connectivity index (χ4v) is 5.96. The van der Waals surface area contributed by atoms with Crippen molar-refractivity contribution in [3.05, 3.63) is 152 Å². The lowest BCUT2D eigenvalue weighted by Crippen LogP contribution is -2.03. The number of nitrogens with zero attached hydrogens (tertiary/aromatic N) is 3. The third-order valence-electron chi connectivity index (χ3n) is 7.78. The molecular weight excluding hydrogens is 486 g/mol. The lowest BCUT2D eigenvalue weighted by Gasteiger charge is -2.16. The molecule has 0 spiro atoms. The molecule has 0 saturated heterocycles. The number of rotatable bonds is 4. The number of fused-ring (bicyclic) bond motifs is 4. The molecule has 0 radical (unpaired) electrons. The molecule has 3 nitrogen and oxygen atoms in total. The van der Waals surface area contributed by atoms with Crippen LogP contribution in [0.4, 0.5) is 0 Å². The maximum atomic E-state index is 5.18. The normalized spacial score (nSPS) is 11.5. The lowest BCUT2D eigenvalue weighted by molar-refractivity contribution is 0.898. The summed E-state index contributed by atoms with van der Waals surface area (Å²) in [6.45, 7) is 0. The summed E-state index contributed by atoms with van der Waals surface area (Å²) < 4.78 is 4.50. The van der Waals surface area contributed by atoms with Gasteiger partial charge in [0.1, 0.15) is 0 Å². The van der Waals surface area contributed by atoms with Gasteiger partial charge in [0.05, 0.1) is 33.8 Å². The van der Waals surface area contributed by atoms with Gasteiger partial charge in [0.25, 0.3) is 0 Å². The largest absolute Gasteiger partial charge is 0.309 e. The van der Waals surface area contributed by atoms with Crippen LogP contribution in [0.2, 0.25) is 0 Å². The van der Waals surface area contributed by atoms with E-state index in [1.54, 1.807) is 0 Å². The van der Waals surface area contributed by atoms with Crippen LogP contribution in [-0.4, -0.2) is 14.3 Å². The molecular formula is C37H25N3. The minimum Gasteiger partial charge on any atom is -0.309 e. The van der Waals surface area contributed by atoms with Crippen LogP contribution >= 0.6 is 0 Å². The quantitative estimate of drug-likeness (QED) is 0.231. The van der Waals surface area contributed by atoms with Gasteiger partial charge in [0, 0.05) is 32.7 Å². The Hall–Kier alpha value is -5.41. The van der Waals surface area contributed by atoms with Crippen molar-refractivity contribution in [1.82, 2.24) is 14.3 Å². The number of hydrogen-bond donors (Lipinski definition) is 0. The number of para-hydroxylation sites is 2. The Kier molecular flexibility index (Phi) is 5.14. The second kappa shape index (κ2) is 9.11. The van der Waals surface area contributed by atoms with Gasteiger partial charge >= 0.3 is 0 Å². The summed E-state index contributed by atoms with van der Waals surface area (Å²) >= 11 is 0. The third-order valence-corrected chi connectivity index (χ3v) is 7.78. The van der Waals surface area contributed by atoms with Gasteiger partial charge < -0.3 is 4.57 Å². The molecule has 0 aliphatic carbocycles. The van der Waals surface area contributed by atoms with Crippen LogP contribution in [0.25, 0.3) is 66.5 Å². The zero-order chi connectivity index (χ0) is 26.5. The average molecular weight is 512 g/mol. The molecule has 0 saturated carbocycles. The molecule has 2 heterocycles. The monoisotopic (exact) mass is 511 g/mol. The van der Waals surface area contributed by atoms with Crippen LogP contribution in [-0.2, 0) is 0 Å². The summed E-state index contributed by atoms with van der Waals surface area (Å²) in [6.07, 6.45) is 0. The molecule has 3 heteroatoms. The highest BCUT2D eigenvalue weighted by Crippen LogP contribution is 2.37. The Balaban J connectivity index is 1.41. The Morgan fingerprint density at radius 2 is 0.875 bits per heavy atom. The van der Waals surface area contributed by atoms with Crippen LogP contribution in [0.5, 0.6) is 0 Å². The molecule has 8 aromatic rings. The molecule has 40 heavy (non-hydrogen) atoms. The fraction of sp³-hybridized carbons (Fsp3) is 0. The van der Waals surface area contributed by atoms with E-state index in [2.05, 4.69) is 155 Å². The summed E-state index contributed by atoms with van der Waals surface area (Å²) in [5, 5.41) is 10.0. The van der Waals surface area contributed by atoms with E-state index in [1.165, 1.54) is 27.2 Å². The van der Waals surface area contributed by atoms with Crippen LogP contribution < -0.4 is 0 Å². The summed E-state index contributed by atoms with van der Waals surface area (Å²) in [5.41, 5.74) is 8.88. The maximum Gasteiger partial charge on any atom is 0.0934 e. The molecule has 0 aliphatic rings.